The van der Waals surface area contributed by atoms with E-state index in [9.17, 15) is 4.79 Å². The minimum atomic E-state index is -0.162. The van der Waals surface area contributed by atoms with Crippen molar-refractivity contribution in [2.24, 2.45) is 0 Å². The first-order chi connectivity index (χ1) is 17.0. The molecule has 4 rings (SSSR count). The van der Waals surface area contributed by atoms with Gasteiger partial charge in [-0.15, -0.1) is 0 Å². The third-order valence-electron chi connectivity index (χ3n) is 6.13. The fraction of sp³-hybridized carbons (Fsp3) is 0.258. The Hall–Kier alpha value is -3.63. The molecule has 1 unspecified atom stereocenters. The van der Waals surface area contributed by atoms with E-state index in [0.29, 0.717) is 12.3 Å². The van der Waals surface area contributed by atoms with E-state index in [4.69, 9.17) is 4.42 Å². The maximum atomic E-state index is 12.8. The molecule has 180 valence electrons. The Balaban J connectivity index is 1.37. The van der Waals surface area contributed by atoms with Crippen LogP contribution in [0.4, 0.5) is 0 Å². The average Bonchev–Trinajstić information content (AvgIpc) is 3.34. The third-order valence-corrected chi connectivity index (χ3v) is 6.13. The standard InChI is InChI=1S/C31H34N2O2/c1-24-13-16-28(17-14-24)22-33(21-27-11-7-4-8-12-27)23-29-19-20-30(35-29)31(34)32-25(2)15-18-26-9-5-3-6-10-26/h3-14,16-17,19-20,25H,15,18,21-23H2,1-2H3,(H,32,34). The van der Waals surface area contributed by atoms with Crippen LogP contribution in [0.1, 0.15) is 51.9 Å². The van der Waals surface area contributed by atoms with E-state index in [0.717, 1.165) is 31.7 Å². The van der Waals surface area contributed by atoms with Crippen LogP contribution in [0.5, 0.6) is 0 Å². The summed E-state index contributed by atoms with van der Waals surface area (Å²) in [6.45, 7) is 6.36. The topological polar surface area (TPSA) is 45.5 Å². The fourth-order valence-corrected chi connectivity index (χ4v) is 4.16. The lowest BCUT2D eigenvalue weighted by molar-refractivity contribution is 0.0906. The summed E-state index contributed by atoms with van der Waals surface area (Å²) in [7, 11) is 0. The molecule has 1 aromatic heterocycles. The number of carbonyl (C=O) groups is 1. The highest BCUT2D eigenvalue weighted by Crippen LogP contribution is 2.17. The van der Waals surface area contributed by atoms with E-state index >= 15 is 0 Å². The van der Waals surface area contributed by atoms with Crippen LogP contribution in [-0.4, -0.2) is 16.8 Å². The van der Waals surface area contributed by atoms with Gasteiger partial charge in [0.25, 0.3) is 5.91 Å². The summed E-state index contributed by atoms with van der Waals surface area (Å²) in [4.78, 5) is 15.1. The van der Waals surface area contributed by atoms with Gasteiger partial charge in [-0.25, -0.2) is 0 Å². The molecule has 1 heterocycles. The van der Waals surface area contributed by atoms with Crippen molar-refractivity contribution in [1.29, 1.82) is 0 Å². The van der Waals surface area contributed by atoms with Crippen LogP contribution >= 0.6 is 0 Å². The molecule has 1 amide bonds. The molecule has 35 heavy (non-hydrogen) atoms. The van der Waals surface area contributed by atoms with E-state index in [1.165, 1.54) is 22.3 Å². The maximum Gasteiger partial charge on any atom is 0.287 e. The monoisotopic (exact) mass is 466 g/mol. The molecule has 1 atom stereocenters. The number of carbonyl (C=O) groups excluding carboxylic acids is 1. The quantitative estimate of drug-likeness (QED) is 0.273. The maximum absolute atomic E-state index is 12.8. The van der Waals surface area contributed by atoms with Gasteiger partial charge in [-0.2, -0.15) is 0 Å². The first-order valence-electron chi connectivity index (χ1n) is 12.3. The van der Waals surface area contributed by atoms with E-state index in [-0.39, 0.29) is 11.9 Å². The van der Waals surface area contributed by atoms with Crippen LogP contribution in [0.2, 0.25) is 0 Å². The van der Waals surface area contributed by atoms with Crippen LogP contribution in [0.25, 0.3) is 0 Å². The van der Waals surface area contributed by atoms with Crippen LogP contribution in [-0.2, 0) is 26.1 Å². The van der Waals surface area contributed by atoms with Crippen LogP contribution in [0.15, 0.2) is 101 Å². The van der Waals surface area contributed by atoms with Gasteiger partial charge in [0.15, 0.2) is 5.76 Å². The molecular weight excluding hydrogens is 432 g/mol. The number of nitrogens with one attached hydrogen (secondary N) is 1. The van der Waals surface area contributed by atoms with Crippen molar-refractivity contribution in [3.8, 4) is 0 Å². The zero-order chi connectivity index (χ0) is 24.5. The summed E-state index contributed by atoms with van der Waals surface area (Å²) in [5.74, 6) is 0.988. The molecule has 4 aromatic rings. The number of hydrogen-bond acceptors (Lipinski definition) is 3. The lowest BCUT2D eigenvalue weighted by Gasteiger charge is -2.21. The second kappa shape index (κ2) is 12.2. The molecule has 4 heteroatoms. The van der Waals surface area contributed by atoms with Gasteiger partial charge in [-0.1, -0.05) is 90.5 Å². The molecule has 0 spiro atoms. The highest BCUT2D eigenvalue weighted by Gasteiger charge is 2.16. The molecule has 0 fully saturated rings. The van der Waals surface area contributed by atoms with Gasteiger partial charge in [0.05, 0.1) is 6.54 Å². The summed E-state index contributed by atoms with van der Waals surface area (Å²) in [5, 5.41) is 3.07. The molecule has 0 aliphatic heterocycles. The highest BCUT2D eigenvalue weighted by atomic mass is 16.4. The van der Waals surface area contributed by atoms with Crippen LogP contribution in [0, 0.1) is 6.92 Å². The van der Waals surface area contributed by atoms with Crippen molar-refractivity contribution >= 4 is 5.91 Å². The van der Waals surface area contributed by atoms with E-state index in [1.54, 1.807) is 6.07 Å². The van der Waals surface area contributed by atoms with Crippen LogP contribution < -0.4 is 5.32 Å². The molecule has 1 N–H and O–H groups in total. The number of nitrogens with zero attached hydrogens (tertiary/aromatic N) is 1. The number of hydrogen-bond donors (Lipinski definition) is 1. The average molecular weight is 467 g/mol. The predicted molar refractivity (Wildman–Crippen MR) is 141 cm³/mol. The number of rotatable bonds is 11. The minimum absolute atomic E-state index is 0.0624. The Bertz CT molecular complexity index is 1180. The van der Waals surface area contributed by atoms with E-state index < -0.39 is 0 Å². The van der Waals surface area contributed by atoms with E-state index in [2.05, 4.69) is 77.8 Å². The third kappa shape index (κ3) is 7.69. The summed E-state index contributed by atoms with van der Waals surface area (Å²) < 4.78 is 5.98. The first-order valence-corrected chi connectivity index (χ1v) is 12.3. The van der Waals surface area contributed by atoms with Crippen molar-refractivity contribution in [2.75, 3.05) is 0 Å². The van der Waals surface area contributed by atoms with Gasteiger partial charge in [0, 0.05) is 19.1 Å². The molecule has 0 aliphatic rings. The zero-order valence-corrected chi connectivity index (χ0v) is 20.6. The van der Waals surface area contributed by atoms with Gasteiger partial charge in [0.1, 0.15) is 5.76 Å². The predicted octanol–water partition coefficient (Wildman–Crippen LogP) is 6.54. The Morgan fingerprint density at radius 3 is 2.03 bits per heavy atom. The fourth-order valence-electron chi connectivity index (χ4n) is 4.16. The number of furan rings is 1. The van der Waals surface area contributed by atoms with Crippen LogP contribution in [0.3, 0.4) is 0 Å². The summed E-state index contributed by atoms with van der Waals surface area (Å²) in [6, 6.07) is 33.2. The van der Waals surface area contributed by atoms with Crippen molar-refractivity contribution in [1.82, 2.24) is 10.2 Å². The molecule has 0 aliphatic carbocycles. The molecule has 3 aromatic carbocycles. The molecule has 0 saturated carbocycles. The Morgan fingerprint density at radius 2 is 1.37 bits per heavy atom. The first kappa shape index (κ1) is 24.5. The second-order valence-electron chi connectivity index (χ2n) is 9.28. The van der Waals surface area contributed by atoms with Gasteiger partial charge in [-0.05, 0) is 55.5 Å². The SMILES string of the molecule is Cc1ccc(CN(Cc2ccccc2)Cc2ccc(C(=O)NC(C)CCc3ccccc3)o2)cc1. The molecule has 0 bridgehead atoms. The largest absolute Gasteiger partial charge is 0.455 e. The van der Waals surface area contributed by atoms with Gasteiger partial charge >= 0.3 is 0 Å². The second-order valence-corrected chi connectivity index (χ2v) is 9.28. The summed E-state index contributed by atoms with van der Waals surface area (Å²) >= 11 is 0. The normalized spacial score (nSPS) is 12.0. The lowest BCUT2D eigenvalue weighted by atomic mass is 10.1. The lowest BCUT2D eigenvalue weighted by Crippen LogP contribution is -2.32. The van der Waals surface area contributed by atoms with Gasteiger partial charge in [0.2, 0.25) is 0 Å². The zero-order valence-electron chi connectivity index (χ0n) is 20.6. The van der Waals surface area contributed by atoms with Crippen molar-refractivity contribution < 1.29 is 9.21 Å². The Kier molecular flexibility index (Phi) is 8.53. The smallest absolute Gasteiger partial charge is 0.287 e. The Labute approximate surface area is 208 Å². The summed E-state index contributed by atoms with van der Waals surface area (Å²) in [6.07, 6.45) is 1.81. The van der Waals surface area contributed by atoms with Crippen molar-refractivity contribution in [3.63, 3.8) is 0 Å². The van der Waals surface area contributed by atoms with Gasteiger partial charge < -0.3 is 9.73 Å². The number of benzene rings is 3. The number of amides is 1. The summed E-state index contributed by atoms with van der Waals surface area (Å²) in [5.41, 5.74) is 5.03. The number of aryl methyl sites for hydroxylation is 2. The molecule has 4 nitrogen and oxygen atoms in total. The molecule has 0 radical (unpaired) electrons. The molecule has 0 saturated heterocycles. The van der Waals surface area contributed by atoms with Crippen molar-refractivity contribution in [3.05, 3.63) is 131 Å². The van der Waals surface area contributed by atoms with E-state index in [1.807, 2.05) is 37.3 Å². The van der Waals surface area contributed by atoms with Crippen molar-refractivity contribution in [2.45, 2.75) is 52.4 Å². The molecular formula is C31H34N2O2. The van der Waals surface area contributed by atoms with Gasteiger partial charge in [-0.3, -0.25) is 9.69 Å². The Morgan fingerprint density at radius 1 is 0.771 bits per heavy atom. The minimum Gasteiger partial charge on any atom is -0.455 e. The highest BCUT2D eigenvalue weighted by molar-refractivity contribution is 5.91.